The highest BCUT2D eigenvalue weighted by Crippen LogP contribution is 2.27. The minimum absolute atomic E-state index is 0.0861. The Hall–Kier alpha value is -2.54. The van der Waals surface area contributed by atoms with E-state index in [1.807, 2.05) is 25.1 Å². The van der Waals surface area contributed by atoms with E-state index in [0.717, 1.165) is 15.8 Å². The van der Waals surface area contributed by atoms with Gasteiger partial charge >= 0.3 is 0 Å². The van der Waals surface area contributed by atoms with E-state index in [1.165, 1.54) is 39.7 Å². The van der Waals surface area contributed by atoms with Gasteiger partial charge in [0.15, 0.2) is 15.9 Å². The fraction of sp³-hybridized carbons (Fsp3) is 0.300. The highest BCUT2D eigenvalue weighted by molar-refractivity contribution is 7.99. The molecular formula is C20H22N6O3S3. The first kappa shape index (κ1) is 22.6. The van der Waals surface area contributed by atoms with Crippen molar-refractivity contribution >= 4 is 60.0 Å². The van der Waals surface area contributed by atoms with Crippen LogP contribution >= 0.6 is 23.1 Å². The molecule has 168 valence electrons. The van der Waals surface area contributed by atoms with Crippen molar-refractivity contribution in [2.75, 3.05) is 24.2 Å². The highest BCUT2D eigenvalue weighted by atomic mass is 32.2. The maximum Gasteiger partial charge on any atom is 0.244 e. The van der Waals surface area contributed by atoms with Gasteiger partial charge in [-0.05, 0) is 36.8 Å². The molecule has 1 N–H and O–H groups in total. The van der Waals surface area contributed by atoms with E-state index in [0.29, 0.717) is 29.0 Å². The van der Waals surface area contributed by atoms with Gasteiger partial charge in [-0.15, -0.1) is 10.2 Å². The van der Waals surface area contributed by atoms with Crippen LogP contribution in [0.2, 0.25) is 0 Å². The number of pyridine rings is 1. The first-order valence-electron chi connectivity index (χ1n) is 9.96. The number of carbonyl (C=O) groups is 1. The molecule has 0 radical (unpaired) electrons. The number of aromatic nitrogens is 4. The number of fused-ring (bicyclic) bond motifs is 2. The molecule has 0 spiro atoms. The van der Waals surface area contributed by atoms with Gasteiger partial charge < -0.3 is 5.32 Å². The Kier molecular flexibility index (Phi) is 6.47. The minimum atomic E-state index is -3.61. The zero-order chi connectivity index (χ0) is 22.9. The van der Waals surface area contributed by atoms with Gasteiger partial charge in [0, 0.05) is 19.3 Å². The molecule has 0 atom stereocenters. The standard InChI is InChI=1S/C20H22N6O3S3/c1-4-25(5-2)32(28,29)14-7-9-17-23-24-20(26(17)11-14)30-12-18(27)22-19-21-15-8-6-13(3)10-16(15)31-19/h6-11H,4-5,12H2,1-3H3,(H,21,22,27). The average molecular weight is 491 g/mol. The molecule has 4 aromatic rings. The molecular weight excluding hydrogens is 468 g/mol. The SMILES string of the molecule is CCN(CC)S(=O)(=O)c1ccc2nnc(SCC(=O)Nc3nc4ccc(C)cc4s3)n2c1. The molecule has 3 heterocycles. The van der Waals surface area contributed by atoms with E-state index in [4.69, 9.17) is 0 Å². The van der Waals surface area contributed by atoms with Gasteiger partial charge in [-0.2, -0.15) is 4.31 Å². The van der Waals surface area contributed by atoms with Crippen LogP contribution in [0.25, 0.3) is 15.9 Å². The van der Waals surface area contributed by atoms with Gasteiger partial charge in [-0.25, -0.2) is 13.4 Å². The van der Waals surface area contributed by atoms with E-state index in [9.17, 15) is 13.2 Å². The predicted octanol–water partition coefficient (Wildman–Crippen LogP) is 3.41. The number of rotatable bonds is 8. The van der Waals surface area contributed by atoms with Gasteiger partial charge in [-0.3, -0.25) is 9.20 Å². The third-order valence-electron chi connectivity index (χ3n) is 4.81. The zero-order valence-electron chi connectivity index (χ0n) is 17.8. The molecule has 1 amide bonds. The summed E-state index contributed by atoms with van der Waals surface area (Å²) in [4.78, 5) is 17.0. The summed E-state index contributed by atoms with van der Waals surface area (Å²) in [5, 5.41) is 12.0. The lowest BCUT2D eigenvalue weighted by Crippen LogP contribution is -2.30. The molecule has 12 heteroatoms. The summed E-state index contributed by atoms with van der Waals surface area (Å²) < 4.78 is 29.7. The summed E-state index contributed by atoms with van der Waals surface area (Å²) >= 11 is 2.60. The summed E-state index contributed by atoms with van der Waals surface area (Å²) in [6.45, 7) is 6.36. The average Bonchev–Trinajstić information content (AvgIpc) is 3.35. The number of hydrogen-bond acceptors (Lipinski definition) is 8. The molecule has 32 heavy (non-hydrogen) atoms. The normalized spacial score (nSPS) is 12.1. The molecule has 0 aliphatic heterocycles. The molecule has 4 rings (SSSR count). The third-order valence-corrected chi connectivity index (χ3v) is 8.72. The van der Waals surface area contributed by atoms with E-state index >= 15 is 0 Å². The Morgan fingerprint density at radius 1 is 1.19 bits per heavy atom. The van der Waals surface area contributed by atoms with Crippen LogP contribution in [0, 0.1) is 6.92 Å². The summed E-state index contributed by atoms with van der Waals surface area (Å²) in [5.74, 6) is -0.141. The number of benzene rings is 1. The number of hydrogen-bond donors (Lipinski definition) is 1. The lowest BCUT2D eigenvalue weighted by molar-refractivity contribution is -0.113. The van der Waals surface area contributed by atoms with Crippen LogP contribution in [0.1, 0.15) is 19.4 Å². The van der Waals surface area contributed by atoms with Crippen LogP contribution in [-0.2, 0) is 14.8 Å². The van der Waals surface area contributed by atoms with Gasteiger partial charge in [0.2, 0.25) is 15.9 Å². The number of carbonyl (C=O) groups excluding carboxylic acids is 1. The fourth-order valence-electron chi connectivity index (χ4n) is 3.18. The summed E-state index contributed by atoms with van der Waals surface area (Å²) in [6, 6.07) is 9.07. The Morgan fingerprint density at radius 3 is 2.72 bits per heavy atom. The number of thioether (sulfide) groups is 1. The van der Waals surface area contributed by atoms with Crippen LogP contribution in [0.3, 0.4) is 0 Å². The zero-order valence-corrected chi connectivity index (χ0v) is 20.2. The Balaban J connectivity index is 1.49. The summed E-state index contributed by atoms with van der Waals surface area (Å²) in [5.41, 5.74) is 2.48. The maximum atomic E-state index is 12.8. The van der Waals surface area contributed by atoms with E-state index in [2.05, 4.69) is 20.5 Å². The monoisotopic (exact) mass is 490 g/mol. The van der Waals surface area contributed by atoms with Crippen LogP contribution < -0.4 is 5.32 Å². The Bertz CT molecular complexity index is 1390. The molecule has 1 aromatic carbocycles. The lowest BCUT2D eigenvalue weighted by Gasteiger charge is -2.18. The Morgan fingerprint density at radius 2 is 1.97 bits per heavy atom. The molecule has 9 nitrogen and oxygen atoms in total. The number of amides is 1. The number of anilines is 1. The highest BCUT2D eigenvalue weighted by Gasteiger charge is 2.23. The van der Waals surface area contributed by atoms with Gasteiger partial charge in [-0.1, -0.05) is 43.0 Å². The van der Waals surface area contributed by atoms with Gasteiger partial charge in [0.1, 0.15) is 0 Å². The second kappa shape index (κ2) is 9.14. The maximum absolute atomic E-state index is 12.8. The van der Waals surface area contributed by atoms with Crippen molar-refractivity contribution in [2.24, 2.45) is 0 Å². The van der Waals surface area contributed by atoms with Crippen molar-refractivity contribution in [1.82, 2.24) is 23.9 Å². The largest absolute Gasteiger partial charge is 0.301 e. The van der Waals surface area contributed by atoms with Crippen LogP contribution in [-0.4, -0.2) is 57.1 Å². The van der Waals surface area contributed by atoms with E-state index < -0.39 is 10.0 Å². The number of thiazole rings is 1. The van der Waals surface area contributed by atoms with Crippen molar-refractivity contribution < 1.29 is 13.2 Å². The van der Waals surface area contributed by atoms with Gasteiger partial charge in [0.05, 0.1) is 20.9 Å². The number of nitrogens with zero attached hydrogens (tertiary/aromatic N) is 5. The number of sulfonamides is 1. The smallest absolute Gasteiger partial charge is 0.244 e. The van der Waals surface area contributed by atoms with Gasteiger partial charge in [0.25, 0.3) is 0 Å². The molecule has 0 fully saturated rings. The molecule has 0 saturated heterocycles. The molecule has 3 aromatic heterocycles. The predicted molar refractivity (Wildman–Crippen MR) is 127 cm³/mol. The number of nitrogens with one attached hydrogen (secondary N) is 1. The first-order chi connectivity index (χ1) is 15.3. The quantitative estimate of drug-likeness (QED) is 0.377. The van der Waals surface area contributed by atoms with Crippen molar-refractivity contribution in [3.05, 3.63) is 42.1 Å². The summed E-state index contributed by atoms with van der Waals surface area (Å²) in [7, 11) is -3.61. The lowest BCUT2D eigenvalue weighted by atomic mass is 10.2. The van der Waals surface area contributed by atoms with E-state index in [-0.39, 0.29) is 16.6 Å². The van der Waals surface area contributed by atoms with Crippen LogP contribution in [0.5, 0.6) is 0 Å². The third kappa shape index (κ3) is 4.49. The minimum Gasteiger partial charge on any atom is -0.301 e. The second-order valence-electron chi connectivity index (χ2n) is 6.99. The topological polar surface area (TPSA) is 110 Å². The molecule has 0 bridgehead atoms. The Labute approximate surface area is 193 Å². The molecule has 0 aliphatic carbocycles. The summed E-state index contributed by atoms with van der Waals surface area (Å²) in [6.07, 6.45) is 1.50. The van der Waals surface area contributed by atoms with Crippen molar-refractivity contribution in [2.45, 2.75) is 30.8 Å². The molecule has 0 aliphatic rings. The number of aryl methyl sites for hydroxylation is 1. The fourth-order valence-corrected chi connectivity index (χ4v) is 6.34. The van der Waals surface area contributed by atoms with Crippen molar-refractivity contribution in [3.63, 3.8) is 0 Å². The van der Waals surface area contributed by atoms with Crippen molar-refractivity contribution in [3.8, 4) is 0 Å². The second-order valence-corrected chi connectivity index (χ2v) is 10.9. The first-order valence-corrected chi connectivity index (χ1v) is 13.2. The molecule has 0 unspecified atom stereocenters. The van der Waals surface area contributed by atoms with E-state index in [1.54, 1.807) is 24.3 Å². The van der Waals surface area contributed by atoms with Crippen molar-refractivity contribution in [1.29, 1.82) is 0 Å². The van der Waals surface area contributed by atoms with Crippen LogP contribution in [0.4, 0.5) is 5.13 Å². The molecule has 0 saturated carbocycles. The van der Waals surface area contributed by atoms with Crippen LogP contribution in [0.15, 0.2) is 46.6 Å².